The van der Waals surface area contributed by atoms with Gasteiger partial charge in [-0.2, -0.15) is 0 Å². The first-order valence-electron chi connectivity index (χ1n) is 9.41. The van der Waals surface area contributed by atoms with Crippen molar-refractivity contribution in [1.29, 1.82) is 0 Å². The number of benzene rings is 1. The molecule has 0 heterocycles. The summed E-state index contributed by atoms with van der Waals surface area (Å²) in [5, 5.41) is 1.05. The minimum atomic E-state index is -2.43. The van der Waals surface area contributed by atoms with Crippen LogP contribution in [0.25, 0.3) is 0 Å². The third-order valence-electron chi connectivity index (χ3n) is 5.95. The first kappa shape index (κ1) is 17.1. The zero-order valence-corrected chi connectivity index (χ0v) is 15.6. The molecule has 23 heavy (non-hydrogen) atoms. The molecule has 2 saturated carbocycles. The van der Waals surface area contributed by atoms with Crippen LogP contribution < -0.4 is 10.0 Å². The molecular formula is C20H31O2P. The largest absolute Gasteiger partial charge is 0.496 e. The quantitative estimate of drug-likeness (QED) is 0.664. The maximum atomic E-state index is 14.6. The summed E-state index contributed by atoms with van der Waals surface area (Å²) in [5.74, 6) is 0.857. The molecule has 0 aliphatic heterocycles. The fourth-order valence-electron chi connectivity index (χ4n) is 4.69. The van der Waals surface area contributed by atoms with Crippen molar-refractivity contribution in [3.63, 3.8) is 0 Å². The molecule has 0 spiro atoms. The second-order valence-corrected chi connectivity index (χ2v) is 10.8. The van der Waals surface area contributed by atoms with Gasteiger partial charge in [0.2, 0.25) is 0 Å². The molecule has 0 bridgehead atoms. The Morgan fingerprint density at radius 2 is 1.43 bits per heavy atom. The molecular weight excluding hydrogens is 303 g/mol. The van der Waals surface area contributed by atoms with Crippen LogP contribution in [0.4, 0.5) is 0 Å². The Hall–Kier alpha value is -0.750. The van der Waals surface area contributed by atoms with Crippen LogP contribution in [0.3, 0.4) is 0 Å². The highest BCUT2D eigenvalue weighted by atomic mass is 31.2. The molecule has 2 fully saturated rings. The predicted octanol–water partition coefficient (Wildman–Crippen LogP) is 5.66. The number of aryl methyl sites for hydroxylation is 1. The summed E-state index contributed by atoms with van der Waals surface area (Å²) in [5.41, 5.74) is 1.97. The van der Waals surface area contributed by atoms with Crippen molar-refractivity contribution < 1.29 is 9.30 Å². The lowest BCUT2D eigenvalue weighted by Crippen LogP contribution is -2.30. The van der Waals surface area contributed by atoms with Gasteiger partial charge in [-0.3, -0.25) is 0 Å². The van der Waals surface area contributed by atoms with E-state index in [4.69, 9.17) is 4.74 Å². The zero-order chi connectivity index (χ0) is 16.3. The van der Waals surface area contributed by atoms with Crippen molar-refractivity contribution in [1.82, 2.24) is 0 Å². The van der Waals surface area contributed by atoms with Gasteiger partial charge >= 0.3 is 0 Å². The van der Waals surface area contributed by atoms with Gasteiger partial charge in [0.05, 0.1) is 12.4 Å². The Balaban J connectivity index is 2.07. The van der Waals surface area contributed by atoms with Crippen LogP contribution in [-0.4, -0.2) is 18.4 Å². The molecule has 0 radical (unpaired) electrons. The monoisotopic (exact) mass is 334 g/mol. The lowest BCUT2D eigenvalue weighted by Gasteiger charge is -2.39. The maximum Gasteiger partial charge on any atom is 0.129 e. The summed E-state index contributed by atoms with van der Waals surface area (Å²) < 4.78 is 20.2. The highest BCUT2D eigenvalue weighted by Crippen LogP contribution is 2.63. The topological polar surface area (TPSA) is 26.3 Å². The Morgan fingerprint density at radius 1 is 0.913 bits per heavy atom. The standard InChI is InChI=1S/C20H31O2P/c1-16-13-14-19(22-2)20(15-16)23(21,17-9-5-3-6-10-17)18-11-7-4-8-12-18/h13-15,17-18H,3-12H2,1-2H3. The number of hydrogen-bond donors (Lipinski definition) is 0. The van der Waals surface area contributed by atoms with Crippen LogP contribution in [0.2, 0.25) is 0 Å². The second kappa shape index (κ2) is 7.43. The van der Waals surface area contributed by atoms with Gasteiger partial charge in [0.15, 0.2) is 0 Å². The molecule has 2 nitrogen and oxygen atoms in total. The highest BCUT2D eigenvalue weighted by molar-refractivity contribution is 7.73. The van der Waals surface area contributed by atoms with E-state index < -0.39 is 7.14 Å². The molecule has 1 aromatic carbocycles. The van der Waals surface area contributed by atoms with Crippen molar-refractivity contribution >= 4 is 12.4 Å². The molecule has 0 atom stereocenters. The van der Waals surface area contributed by atoms with Crippen molar-refractivity contribution in [2.45, 2.75) is 82.4 Å². The van der Waals surface area contributed by atoms with E-state index in [1.807, 2.05) is 6.07 Å². The molecule has 2 aliphatic rings. The van der Waals surface area contributed by atoms with Crippen molar-refractivity contribution in [2.24, 2.45) is 0 Å². The lowest BCUT2D eigenvalue weighted by molar-refractivity contribution is 0.415. The number of rotatable bonds is 4. The average molecular weight is 334 g/mol. The van der Waals surface area contributed by atoms with E-state index in [1.165, 1.54) is 44.1 Å². The minimum Gasteiger partial charge on any atom is -0.496 e. The normalized spacial score (nSPS) is 21.3. The number of ether oxygens (including phenoxy) is 1. The molecule has 1 aromatic rings. The molecule has 0 saturated heterocycles. The van der Waals surface area contributed by atoms with Crippen LogP contribution in [0, 0.1) is 6.92 Å². The Bertz CT molecular complexity index is 547. The smallest absolute Gasteiger partial charge is 0.129 e. The van der Waals surface area contributed by atoms with Crippen LogP contribution in [0.5, 0.6) is 5.75 Å². The summed E-state index contributed by atoms with van der Waals surface area (Å²) in [4.78, 5) is 0. The summed E-state index contributed by atoms with van der Waals surface area (Å²) in [6, 6.07) is 6.28. The fourth-order valence-corrected chi connectivity index (χ4v) is 9.26. The maximum absolute atomic E-state index is 14.6. The van der Waals surface area contributed by atoms with Crippen LogP contribution in [0.1, 0.15) is 69.8 Å². The molecule has 3 rings (SSSR count). The zero-order valence-electron chi connectivity index (χ0n) is 14.7. The fraction of sp³-hybridized carbons (Fsp3) is 0.700. The SMILES string of the molecule is COc1ccc(C)cc1P(=O)(C1CCCCC1)C1CCCCC1. The van der Waals surface area contributed by atoms with E-state index in [-0.39, 0.29) is 0 Å². The van der Waals surface area contributed by atoms with Crippen molar-refractivity contribution in [3.8, 4) is 5.75 Å². The summed E-state index contributed by atoms with van der Waals surface area (Å²) in [6.07, 6.45) is 12.2. The van der Waals surface area contributed by atoms with Gasteiger partial charge in [-0.15, -0.1) is 0 Å². The highest BCUT2D eigenvalue weighted by Gasteiger charge is 2.44. The van der Waals surface area contributed by atoms with Crippen molar-refractivity contribution in [2.75, 3.05) is 7.11 Å². The van der Waals surface area contributed by atoms with Crippen molar-refractivity contribution in [3.05, 3.63) is 23.8 Å². The molecule has 3 heteroatoms. The van der Waals surface area contributed by atoms with Gasteiger partial charge < -0.3 is 9.30 Å². The third kappa shape index (κ3) is 3.38. The Kier molecular flexibility index (Phi) is 5.52. The van der Waals surface area contributed by atoms with Crippen LogP contribution in [0.15, 0.2) is 18.2 Å². The Morgan fingerprint density at radius 3 is 1.91 bits per heavy atom. The molecule has 128 valence electrons. The van der Waals surface area contributed by atoms with E-state index >= 15 is 0 Å². The number of hydrogen-bond acceptors (Lipinski definition) is 2. The van der Waals surface area contributed by atoms with Gasteiger partial charge in [-0.05, 0) is 44.7 Å². The number of methoxy groups -OCH3 is 1. The first-order chi connectivity index (χ1) is 11.2. The van der Waals surface area contributed by atoms with Gasteiger partial charge in [-0.25, -0.2) is 0 Å². The van der Waals surface area contributed by atoms with Gasteiger partial charge in [0, 0.05) is 11.3 Å². The average Bonchev–Trinajstić information content (AvgIpc) is 2.62. The molecule has 2 aliphatic carbocycles. The van der Waals surface area contributed by atoms with E-state index in [0.717, 1.165) is 36.7 Å². The van der Waals surface area contributed by atoms with Gasteiger partial charge in [-0.1, -0.05) is 50.2 Å². The van der Waals surface area contributed by atoms with E-state index in [1.54, 1.807) is 7.11 Å². The van der Waals surface area contributed by atoms with Gasteiger partial charge in [0.1, 0.15) is 12.9 Å². The summed E-state index contributed by atoms with van der Waals surface area (Å²) in [7, 11) is -0.706. The van der Waals surface area contributed by atoms with E-state index in [9.17, 15) is 4.57 Å². The predicted molar refractivity (Wildman–Crippen MR) is 98.7 cm³/mol. The molecule has 0 unspecified atom stereocenters. The van der Waals surface area contributed by atoms with Gasteiger partial charge in [0.25, 0.3) is 0 Å². The molecule has 0 amide bonds. The minimum absolute atomic E-state index is 0.384. The second-order valence-electron chi connectivity index (χ2n) is 7.47. The summed E-state index contributed by atoms with van der Waals surface area (Å²) in [6.45, 7) is 2.11. The van der Waals surface area contributed by atoms with Crippen LogP contribution in [-0.2, 0) is 4.57 Å². The lowest BCUT2D eigenvalue weighted by atomic mass is 9.99. The molecule has 0 N–H and O–H groups in total. The van der Waals surface area contributed by atoms with E-state index in [0.29, 0.717) is 11.3 Å². The third-order valence-corrected chi connectivity index (χ3v) is 10.3. The van der Waals surface area contributed by atoms with E-state index in [2.05, 4.69) is 19.1 Å². The van der Waals surface area contributed by atoms with Crippen LogP contribution >= 0.6 is 7.14 Å². The Labute approximate surface area is 141 Å². The summed E-state index contributed by atoms with van der Waals surface area (Å²) >= 11 is 0. The first-order valence-corrected chi connectivity index (χ1v) is 11.3. The molecule has 0 aromatic heterocycles.